The molecule has 0 saturated carbocycles. The van der Waals surface area contributed by atoms with Crippen molar-refractivity contribution < 1.29 is 33.4 Å². The Hall–Kier alpha value is -2.32. The van der Waals surface area contributed by atoms with Gasteiger partial charge in [-0.3, -0.25) is 0 Å². The van der Waals surface area contributed by atoms with Crippen LogP contribution in [0.25, 0.3) is 0 Å². The summed E-state index contributed by atoms with van der Waals surface area (Å²) in [5.41, 5.74) is -2.02. The SMILES string of the molecule is CC(C)(C)OC(=O)N[C@@H](CCCCN(CCCC=O)C(=O)OC(C)(C)C)C(=O)OC(C)(C)C. The molecule has 0 aromatic carbocycles. The molecule has 33 heavy (non-hydrogen) atoms. The van der Waals surface area contributed by atoms with E-state index in [1.165, 1.54) is 0 Å². The minimum Gasteiger partial charge on any atom is -0.458 e. The summed E-state index contributed by atoms with van der Waals surface area (Å²) in [7, 11) is 0. The third kappa shape index (κ3) is 16.9. The largest absolute Gasteiger partial charge is 0.458 e. The molecule has 0 heterocycles. The van der Waals surface area contributed by atoms with Crippen LogP contribution < -0.4 is 5.32 Å². The van der Waals surface area contributed by atoms with Crippen molar-refractivity contribution in [3.05, 3.63) is 0 Å². The van der Waals surface area contributed by atoms with Crippen LogP contribution in [0.1, 0.15) is 94.4 Å². The van der Waals surface area contributed by atoms with Crippen LogP contribution in [0.5, 0.6) is 0 Å². The van der Waals surface area contributed by atoms with Gasteiger partial charge in [-0.05, 0) is 88.0 Å². The zero-order chi connectivity index (χ0) is 25.9. The molecule has 2 amide bonds. The average molecular weight is 473 g/mol. The number of carbonyl (C=O) groups excluding carboxylic acids is 4. The minimum atomic E-state index is -0.871. The highest BCUT2D eigenvalue weighted by Gasteiger charge is 2.28. The maximum atomic E-state index is 12.6. The lowest BCUT2D eigenvalue weighted by Gasteiger charge is -2.28. The van der Waals surface area contributed by atoms with Gasteiger partial charge >= 0.3 is 18.2 Å². The van der Waals surface area contributed by atoms with Gasteiger partial charge in [-0.2, -0.15) is 0 Å². The highest BCUT2D eigenvalue weighted by atomic mass is 16.6. The van der Waals surface area contributed by atoms with Crippen molar-refractivity contribution in [3.63, 3.8) is 0 Å². The van der Waals surface area contributed by atoms with Gasteiger partial charge in [-0.25, -0.2) is 14.4 Å². The van der Waals surface area contributed by atoms with Gasteiger partial charge in [0.25, 0.3) is 0 Å². The lowest BCUT2D eigenvalue weighted by atomic mass is 10.1. The molecule has 0 rings (SSSR count). The fraction of sp³-hybridized carbons (Fsp3) is 0.833. The number of esters is 1. The summed E-state index contributed by atoms with van der Waals surface area (Å²) in [6, 6.07) is -0.871. The van der Waals surface area contributed by atoms with Crippen molar-refractivity contribution >= 4 is 24.4 Å². The predicted octanol–water partition coefficient (Wildman–Crippen LogP) is 4.61. The first-order valence-corrected chi connectivity index (χ1v) is 11.6. The van der Waals surface area contributed by atoms with Crippen LogP contribution >= 0.6 is 0 Å². The van der Waals surface area contributed by atoms with Crippen molar-refractivity contribution in [1.29, 1.82) is 0 Å². The lowest BCUT2D eigenvalue weighted by Crippen LogP contribution is -2.46. The Morgan fingerprint density at radius 3 is 1.79 bits per heavy atom. The zero-order valence-electron chi connectivity index (χ0n) is 21.9. The van der Waals surface area contributed by atoms with E-state index in [-0.39, 0.29) is 0 Å². The number of nitrogens with one attached hydrogen (secondary N) is 1. The van der Waals surface area contributed by atoms with Crippen molar-refractivity contribution in [2.24, 2.45) is 0 Å². The number of aldehydes is 1. The van der Waals surface area contributed by atoms with Gasteiger partial charge in [-0.1, -0.05) is 0 Å². The number of ether oxygens (including phenoxy) is 3. The average Bonchev–Trinajstić information content (AvgIpc) is 2.58. The van der Waals surface area contributed by atoms with E-state index in [1.54, 1.807) is 67.2 Å². The number of alkyl carbamates (subject to hydrolysis) is 1. The molecule has 0 aromatic rings. The van der Waals surface area contributed by atoms with Crippen LogP contribution in [0.15, 0.2) is 0 Å². The Labute approximate surface area is 198 Å². The van der Waals surface area contributed by atoms with E-state index in [2.05, 4.69) is 5.32 Å². The maximum Gasteiger partial charge on any atom is 0.410 e. The van der Waals surface area contributed by atoms with Gasteiger partial charge in [-0.15, -0.1) is 0 Å². The summed E-state index contributed by atoms with van der Waals surface area (Å²) < 4.78 is 16.2. The second-order valence-electron chi connectivity index (χ2n) is 11.0. The standard InChI is InChI=1S/C24H44N2O7/c1-22(2,3)31-19(28)18(25-20(29)32-23(4,5)6)14-10-11-15-26(16-12-13-17-27)21(30)33-24(7,8)9/h17-18H,10-16H2,1-9H3,(H,25,29)/t18-/m0/s1. The van der Waals surface area contributed by atoms with Crippen LogP contribution in [-0.4, -0.2) is 65.3 Å². The van der Waals surface area contributed by atoms with Crippen molar-refractivity contribution in [2.75, 3.05) is 13.1 Å². The molecule has 0 fully saturated rings. The topological polar surface area (TPSA) is 111 Å². The van der Waals surface area contributed by atoms with Gasteiger partial charge in [0.15, 0.2) is 0 Å². The molecule has 0 unspecified atom stereocenters. The van der Waals surface area contributed by atoms with Crippen LogP contribution in [0.4, 0.5) is 9.59 Å². The van der Waals surface area contributed by atoms with Gasteiger partial charge in [0.05, 0.1) is 0 Å². The number of hydrogen-bond acceptors (Lipinski definition) is 7. The van der Waals surface area contributed by atoms with Crippen molar-refractivity contribution in [3.8, 4) is 0 Å². The first kappa shape index (κ1) is 30.7. The molecule has 1 N–H and O–H groups in total. The van der Waals surface area contributed by atoms with E-state index in [9.17, 15) is 19.2 Å². The number of nitrogens with zero attached hydrogens (tertiary/aromatic N) is 1. The molecule has 0 bridgehead atoms. The third-order valence-electron chi connectivity index (χ3n) is 3.95. The quantitative estimate of drug-likeness (QED) is 0.202. The first-order valence-electron chi connectivity index (χ1n) is 11.6. The molecule has 9 nitrogen and oxygen atoms in total. The predicted molar refractivity (Wildman–Crippen MR) is 126 cm³/mol. The molecule has 1 atom stereocenters. The van der Waals surface area contributed by atoms with Gasteiger partial charge in [0.2, 0.25) is 0 Å². The summed E-state index contributed by atoms with van der Waals surface area (Å²) in [5.74, 6) is -0.539. The van der Waals surface area contributed by atoms with E-state index in [0.29, 0.717) is 45.2 Å². The van der Waals surface area contributed by atoms with E-state index < -0.39 is 41.0 Å². The molecule has 0 aliphatic carbocycles. The summed E-state index contributed by atoms with van der Waals surface area (Å²) in [6.07, 6.45) is 2.05. The Morgan fingerprint density at radius 1 is 0.788 bits per heavy atom. The lowest BCUT2D eigenvalue weighted by molar-refractivity contribution is -0.157. The Balaban J connectivity index is 5.03. The van der Waals surface area contributed by atoms with Crippen molar-refractivity contribution in [1.82, 2.24) is 10.2 Å². The van der Waals surface area contributed by atoms with Gasteiger partial charge in [0.1, 0.15) is 29.1 Å². The molecule has 0 spiro atoms. The fourth-order valence-corrected chi connectivity index (χ4v) is 2.71. The third-order valence-corrected chi connectivity index (χ3v) is 3.95. The highest BCUT2D eigenvalue weighted by Crippen LogP contribution is 2.15. The summed E-state index contributed by atoms with van der Waals surface area (Å²) in [5, 5.41) is 2.60. The Morgan fingerprint density at radius 2 is 1.30 bits per heavy atom. The molecule has 0 aliphatic rings. The molecule has 0 saturated heterocycles. The number of amides is 2. The smallest absolute Gasteiger partial charge is 0.410 e. The molecule has 0 aromatic heterocycles. The van der Waals surface area contributed by atoms with E-state index >= 15 is 0 Å². The fourth-order valence-electron chi connectivity index (χ4n) is 2.71. The van der Waals surface area contributed by atoms with Crippen LogP contribution in [-0.2, 0) is 23.8 Å². The van der Waals surface area contributed by atoms with Gasteiger partial charge < -0.3 is 29.2 Å². The summed E-state index contributed by atoms with van der Waals surface area (Å²) >= 11 is 0. The first-order chi connectivity index (χ1) is 14.9. The summed E-state index contributed by atoms with van der Waals surface area (Å²) in [6.45, 7) is 16.7. The number of carbonyl (C=O) groups is 4. The highest BCUT2D eigenvalue weighted by molar-refractivity contribution is 5.81. The molecule has 9 heteroatoms. The Bertz CT molecular complexity index is 643. The molecular weight excluding hydrogens is 428 g/mol. The molecular formula is C24H44N2O7. The van der Waals surface area contributed by atoms with Crippen LogP contribution in [0.2, 0.25) is 0 Å². The van der Waals surface area contributed by atoms with E-state index in [4.69, 9.17) is 14.2 Å². The minimum absolute atomic E-state index is 0.324. The second-order valence-corrected chi connectivity index (χ2v) is 11.0. The maximum absolute atomic E-state index is 12.6. The number of hydrogen-bond donors (Lipinski definition) is 1. The van der Waals surface area contributed by atoms with E-state index in [0.717, 1.165) is 6.29 Å². The Kier molecular flexibility index (Phi) is 12.5. The monoisotopic (exact) mass is 472 g/mol. The normalized spacial score (nSPS) is 13.0. The zero-order valence-corrected chi connectivity index (χ0v) is 21.9. The van der Waals surface area contributed by atoms with E-state index in [1.807, 2.05) is 0 Å². The summed E-state index contributed by atoms with van der Waals surface area (Å²) in [4.78, 5) is 49.5. The van der Waals surface area contributed by atoms with Crippen LogP contribution in [0.3, 0.4) is 0 Å². The van der Waals surface area contributed by atoms with Crippen molar-refractivity contribution in [2.45, 2.75) is 117 Å². The van der Waals surface area contributed by atoms with Crippen LogP contribution in [0, 0.1) is 0 Å². The number of unbranched alkanes of at least 4 members (excludes halogenated alkanes) is 2. The molecule has 192 valence electrons. The molecule has 0 aliphatic heterocycles. The molecule has 0 radical (unpaired) electrons. The second kappa shape index (κ2) is 13.4. The number of rotatable bonds is 11. The van der Waals surface area contributed by atoms with Gasteiger partial charge in [0, 0.05) is 19.5 Å².